The third kappa shape index (κ3) is 3.37. The maximum Gasteiger partial charge on any atom is 0.127 e. The molecule has 0 spiro atoms. The molecule has 1 aromatic heterocycles. The molecule has 1 unspecified atom stereocenters. The van der Waals surface area contributed by atoms with E-state index in [4.69, 9.17) is 16.0 Å². The minimum absolute atomic E-state index is 0.0758. The molecule has 0 saturated carbocycles. The molecular weight excluding hydrogens is 265 g/mol. The van der Waals surface area contributed by atoms with Crippen LogP contribution in [0.1, 0.15) is 30.0 Å². The number of hydrogen-bond donors (Lipinski definition) is 1. The molecule has 1 N–H and O–H groups in total. The second-order valence-corrected chi connectivity index (χ2v) is 4.87. The van der Waals surface area contributed by atoms with Crippen molar-refractivity contribution in [1.82, 2.24) is 5.32 Å². The Kier molecular flexibility index (Phi) is 4.61. The second kappa shape index (κ2) is 6.22. The molecule has 0 saturated heterocycles. The Morgan fingerprint density at radius 3 is 2.68 bits per heavy atom. The molecule has 4 heteroatoms. The van der Waals surface area contributed by atoms with E-state index in [0.717, 1.165) is 18.1 Å². The zero-order valence-corrected chi connectivity index (χ0v) is 11.8. The monoisotopic (exact) mass is 281 g/mol. The lowest BCUT2D eigenvalue weighted by atomic mass is 10.0. The molecule has 1 atom stereocenters. The van der Waals surface area contributed by atoms with E-state index in [0.29, 0.717) is 17.0 Å². The maximum atomic E-state index is 13.8. The largest absolute Gasteiger partial charge is 0.465 e. The number of furan rings is 1. The van der Waals surface area contributed by atoms with Gasteiger partial charge in [-0.15, -0.1) is 0 Å². The van der Waals surface area contributed by atoms with Crippen molar-refractivity contribution >= 4 is 11.6 Å². The average molecular weight is 282 g/mol. The van der Waals surface area contributed by atoms with Crippen molar-refractivity contribution in [2.75, 3.05) is 6.54 Å². The zero-order valence-electron chi connectivity index (χ0n) is 11.0. The third-order valence-electron chi connectivity index (χ3n) is 3.03. The first-order chi connectivity index (χ1) is 9.11. The normalized spacial score (nSPS) is 12.6. The van der Waals surface area contributed by atoms with Crippen LogP contribution in [0.25, 0.3) is 0 Å². The van der Waals surface area contributed by atoms with Gasteiger partial charge in [0, 0.05) is 10.6 Å². The Balaban J connectivity index is 2.26. The van der Waals surface area contributed by atoms with E-state index < -0.39 is 0 Å². The van der Waals surface area contributed by atoms with E-state index in [2.05, 4.69) is 5.32 Å². The van der Waals surface area contributed by atoms with Crippen molar-refractivity contribution in [2.24, 2.45) is 0 Å². The lowest BCUT2D eigenvalue weighted by Gasteiger charge is -2.17. The van der Waals surface area contributed by atoms with Crippen LogP contribution >= 0.6 is 11.6 Å². The topological polar surface area (TPSA) is 25.2 Å². The van der Waals surface area contributed by atoms with Crippen LogP contribution in [0.2, 0.25) is 5.02 Å². The van der Waals surface area contributed by atoms with Gasteiger partial charge in [0.15, 0.2) is 0 Å². The van der Waals surface area contributed by atoms with Crippen LogP contribution in [-0.4, -0.2) is 6.54 Å². The SMILES string of the molecule is CCNC(Cc1c(F)cccc1Cl)c1ccc(C)o1. The number of nitrogens with one attached hydrogen (secondary N) is 1. The smallest absolute Gasteiger partial charge is 0.127 e. The molecule has 0 fully saturated rings. The maximum absolute atomic E-state index is 13.8. The Morgan fingerprint density at radius 1 is 1.32 bits per heavy atom. The fraction of sp³-hybridized carbons (Fsp3) is 0.333. The summed E-state index contributed by atoms with van der Waals surface area (Å²) in [5.41, 5.74) is 0.518. The van der Waals surface area contributed by atoms with Crippen molar-refractivity contribution in [2.45, 2.75) is 26.3 Å². The van der Waals surface area contributed by atoms with Gasteiger partial charge in [-0.3, -0.25) is 0 Å². The summed E-state index contributed by atoms with van der Waals surface area (Å²) in [5, 5.41) is 3.75. The fourth-order valence-electron chi connectivity index (χ4n) is 2.09. The molecule has 1 heterocycles. The summed E-state index contributed by atoms with van der Waals surface area (Å²) < 4.78 is 19.5. The average Bonchev–Trinajstić information content (AvgIpc) is 2.79. The van der Waals surface area contributed by atoms with Crippen LogP contribution in [0.5, 0.6) is 0 Å². The quantitative estimate of drug-likeness (QED) is 0.885. The van der Waals surface area contributed by atoms with Gasteiger partial charge < -0.3 is 9.73 Å². The van der Waals surface area contributed by atoms with Gasteiger partial charge in [-0.05, 0) is 44.2 Å². The highest BCUT2D eigenvalue weighted by atomic mass is 35.5. The van der Waals surface area contributed by atoms with E-state index in [9.17, 15) is 4.39 Å². The van der Waals surface area contributed by atoms with Gasteiger partial charge in [0.2, 0.25) is 0 Å². The van der Waals surface area contributed by atoms with Crippen LogP contribution in [0, 0.1) is 12.7 Å². The predicted molar refractivity (Wildman–Crippen MR) is 75.0 cm³/mol. The summed E-state index contributed by atoms with van der Waals surface area (Å²) >= 11 is 6.07. The first-order valence-electron chi connectivity index (χ1n) is 6.34. The standard InChI is InChI=1S/C15H17ClFNO/c1-3-18-14(15-8-7-10(2)19-15)9-11-12(16)5-4-6-13(11)17/h4-8,14,18H,3,9H2,1-2H3. The van der Waals surface area contributed by atoms with E-state index in [1.165, 1.54) is 6.07 Å². The Morgan fingerprint density at radius 2 is 2.11 bits per heavy atom. The van der Waals surface area contributed by atoms with Crippen LogP contribution in [0.4, 0.5) is 4.39 Å². The molecule has 0 radical (unpaired) electrons. The lowest BCUT2D eigenvalue weighted by molar-refractivity contribution is 0.400. The molecule has 0 aliphatic heterocycles. The molecule has 102 valence electrons. The predicted octanol–water partition coefficient (Wildman–Crippen LogP) is 4.27. The van der Waals surface area contributed by atoms with Crippen molar-refractivity contribution in [3.05, 3.63) is 58.3 Å². The summed E-state index contributed by atoms with van der Waals surface area (Å²) in [7, 11) is 0. The molecule has 0 amide bonds. The Bertz CT molecular complexity index is 533. The lowest BCUT2D eigenvalue weighted by Crippen LogP contribution is -2.23. The van der Waals surface area contributed by atoms with Gasteiger partial charge in [-0.1, -0.05) is 24.6 Å². The molecule has 19 heavy (non-hydrogen) atoms. The summed E-state index contributed by atoms with van der Waals surface area (Å²) in [5.74, 6) is 1.37. The summed E-state index contributed by atoms with van der Waals surface area (Å²) in [6, 6.07) is 8.49. The number of benzene rings is 1. The first-order valence-corrected chi connectivity index (χ1v) is 6.72. The highest BCUT2D eigenvalue weighted by molar-refractivity contribution is 6.31. The highest BCUT2D eigenvalue weighted by Crippen LogP contribution is 2.26. The molecule has 2 nitrogen and oxygen atoms in total. The van der Waals surface area contributed by atoms with Gasteiger partial charge in [-0.2, -0.15) is 0 Å². The fourth-order valence-corrected chi connectivity index (χ4v) is 2.33. The van der Waals surface area contributed by atoms with E-state index in [1.807, 2.05) is 26.0 Å². The summed E-state index contributed by atoms with van der Waals surface area (Å²) in [6.45, 7) is 4.67. The van der Waals surface area contributed by atoms with Crippen LogP contribution in [0.15, 0.2) is 34.7 Å². The highest BCUT2D eigenvalue weighted by Gasteiger charge is 2.18. The number of likely N-dealkylation sites (N-methyl/N-ethyl adjacent to an activating group) is 1. The molecule has 0 bridgehead atoms. The Hall–Kier alpha value is -1.32. The van der Waals surface area contributed by atoms with Crippen LogP contribution in [0.3, 0.4) is 0 Å². The van der Waals surface area contributed by atoms with Crippen molar-refractivity contribution in [3.8, 4) is 0 Å². The van der Waals surface area contributed by atoms with Crippen LogP contribution in [-0.2, 0) is 6.42 Å². The number of rotatable bonds is 5. The number of hydrogen-bond acceptors (Lipinski definition) is 2. The Labute approximate surface area is 117 Å². The molecule has 0 aliphatic carbocycles. The molecule has 1 aromatic carbocycles. The number of aryl methyl sites for hydroxylation is 1. The minimum Gasteiger partial charge on any atom is -0.465 e. The van der Waals surface area contributed by atoms with Crippen molar-refractivity contribution < 1.29 is 8.81 Å². The zero-order chi connectivity index (χ0) is 13.8. The molecular formula is C15H17ClFNO. The van der Waals surface area contributed by atoms with Crippen molar-refractivity contribution in [1.29, 1.82) is 0 Å². The van der Waals surface area contributed by atoms with Crippen molar-refractivity contribution in [3.63, 3.8) is 0 Å². The molecule has 2 rings (SSSR count). The van der Waals surface area contributed by atoms with Gasteiger partial charge in [0.1, 0.15) is 17.3 Å². The summed E-state index contributed by atoms with van der Waals surface area (Å²) in [6.07, 6.45) is 0.465. The van der Waals surface area contributed by atoms with Gasteiger partial charge in [-0.25, -0.2) is 4.39 Å². The van der Waals surface area contributed by atoms with E-state index in [-0.39, 0.29) is 11.9 Å². The minimum atomic E-state index is -0.279. The van der Waals surface area contributed by atoms with Gasteiger partial charge >= 0.3 is 0 Å². The third-order valence-corrected chi connectivity index (χ3v) is 3.38. The van der Waals surface area contributed by atoms with Gasteiger partial charge in [0.05, 0.1) is 6.04 Å². The second-order valence-electron chi connectivity index (χ2n) is 4.46. The number of halogens is 2. The molecule has 0 aliphatic rings. The van der Waals surface area contributed by atoms with E-state index >= 15 is 0 Å². The molecule has 2 aromatic rings. The van der Waals surface area contributed by atoms with Crippen LogP contribution < -0.4 is 5.32 Å². The van der Waals surface area contributed by atoms with Gasteiger partial charge in [0.25, 0.3) is 0 Å². The first kappa shape index (κ1) is 14.1. The van der Waals surface area contributed by atoms with E-state index in [1.54, 1.807) is 12.1 Å². The summed E-state index contributed by atoms with van der Waals surface area (Å²) in [4.78, 5) is 0.